The molecule has 88 valence electrons. The number of methoxy groups -OCH3 is 1. The molecular weight excluding hydrogens is 222 g/mol. The molecule has 0 aliphatic rings. The van der Waals surface area contributed by atoms with Gasteiger partial charge in [-0.15, -0.1) is 0 Å². The Morgan fingerprint density at radius 2 is 2.12 bits per heavy atom. The van der Waals surface area contributed by atoms with E-state index in [1.165, 1.54) is 13.2 Å². The smallest absolute Gasteiger partial charge is 0.274 e. The molecule has 0 spiro atoms. The number of hydrogen-bond acceptors (Lipinski definition) is 4. The zero-order valence-electron chi connectivity index (χ0n) is 8.39. The lowest BCUT2D eigenvalue weighted by atomic mass is 10.1. The molecule has 1 unspecified atom stereocenters. The van der Waals surface area contributed by atoms with Crippen molar-refractivity contribution in [1.29, 1.82) is 0 Å². The highest BCUT2D eigenvalue weighted by molar-refractivity contribution is 5.47. The standard InChI is InChI=1S/C9H10F2N2O3/c1-16-5-2-3-7(13(14)15)6(4-5)8(12)9(10)11/h2-4,8-9H,12H2,1H3. The molecule has 1 aromatic carbocycles. The van der Waals surface area contributed by atoms with Crippen LogP contribution in [0.1, 0.15) is 11.6 Å². The predicted molar refractivity (Wildman–Crippen MR) is 52.6 cm³/mol. The third-order valence-corrected chi connectivity index (χ3v) is 2.06. The van der Waals surface area contributed by atoms with Gasteiger partial charge >= 0.3 is 0 Å². The minimum Gasteiger partial charge on any atom is -0.497 e. The zero-order chi connectivity index (χ0) is 12.3. The lowest BCUT2D eigenvalue weighted by molar-refractivity contribution is -0.385. The van der Waals surface area contributed by atoms with Crippen LogP contribution < -0.4 is 10.5 Å². The van der Waals surface area contributed by atoms with E-state index in [2.05, 4.69) is 0 Å². The maximum atomic E-state index is 12.4. The van der Waals surface area contributed by atoms with Gasteiger partial charge in [0.25, 0.3) is 12.1 Å². The Morgan fingerprint density at radius 1 is 1.50 bits per heavy atom. The van der Waals surface area contributed by atoms with Gasteiger partial charge in [0.05, 0.1) is 23.6 Å². The second-order valence-corrected chi connectivity index (χ2v) is 3.04. The van der Waals surface area contributed by atoms with Crippen molar-refractivity contribution in [2.24, 2.45) is 5.73 Å². The van der Waals surface area contributed by atoms with Crippen molar-refractivity contribution in [3.05, 3.63) is 33.9 Å². The van der Waals surface area contributed by atoms with Gasteiger partial charge in [-0.05, 0) is 12.1 Å². The molecule has 0 heterocycles. The third-order valence-electron chi connectivity index (χ3n) is 2.06. The lowest BCUT2D eigenvalue weighted by Gasteiger charge is -2.12. The van der Waals surface area contributed by atoms with Crippen molar-refractivity contribution >= 4 is 5.69 Å². The molecule has 0 aliphatic carbocycles. The van der Waals surface area contributed by atoms with Crippen LogP contribution in [0.3, 0.4) is 0 Å². The molecule has 0 bridgehead atoms. The second kappa shape index (κ2) is 4.84. The van der Waals surface area contributed by atoms with Crippen LogP contribution in [0.15, 0.2) is 18.2 Å². The van der Waals surface area contributed by atoms with Crippen LogP contribution in [0.5, 0.6) is 5.75 Å². The van der Waals surface area contributed by atoms with E-state index in [1.54, 1.807) is 0 Å². The summed E-state index contributed by atoms with van der Waals surface area (Å²) in [6, 6.07) is 1.86. The van der Waals surface area contributed by atoms with Gasteiger partial charge in [-0.1, -0.05) is 0 Å². The van der Waals surface area contributed by atoms with Crippen LogP contribution in [-0.2, 0) is 0 Å². The molecule has 0 aromatic heterocycles. The molecule has 0 saturated carbocycles. The Hall–Kier alpha value is -1.76. The largest absolute Gasteiger partial charge is 0.497 e. The first-order chi connectivity index (χ1) is 7.47. The number of ether oxygens (including phenoxy) is 1. The van der Waals surface area contributed by atoms with E-state index < -0.39 is 23.1 Å². The topological polar surface area (TPSA) is 78.4 Å². The first kappa shape index (κ1) is 12.3. The van der Waals surface area contributed by atoms with E-state index in [-0.39, 0.29) is 11.3 Å². The Bertz CT molecular complexity index is 398. The summed E-state index contributed by atoms with van der Waals surface area (Å²) in [7, 11) is 1.33. The van der Waals surface area contributed by atoms with Gasteiger partial charge < -0.3 is 10.5 Å². The second-order valence-electron chi connectivity index (χ2n) is 3.04. The highest BCUT2D eigenvalue weighted by Crippen LogP contribution is 2.30. The molecule has 0 amide bonds. The van der Waals surface area contributed by atoms with Crippen LogP contribution in [0.25, 0.3) is 0 Å². The van der Waals surface area contributed by atoms with Crippen molar-refractivity contribution < 1.29 is 18.4 Å². The molecule has 16 heavy (non-hydrogen) atoms. The zero-order valence-corrected chi connectivity index (χ0v) is 8.39. The minimum absolute atomic E-state index is 0.237. The van der Waals surface area contributed by atoms with E-state index >= 15 is 0 Å². The van der Waals surface area contributed by atoms with Crippen molar-refractivity contribution in [3.8, 4) is 5.75 Å². The monoisotopic (exact) mass is 232 g/mol. The number of nitrogens with two attached hydrogens (primary N) is 1. The maximum Gasteiger partial charge on any atom is 0.274 e. The lowest BCUT2D eigenvalue weighted by Crippen LogP contribution is -2.20. The predicted octanol–water partition coefficient (Wildman–Crippen LogP) is 1.87. The van der Waals surface area contributed by atoms with E-state index in [1.807, 2.05) is 0 Å². The Balaban J connectivity index is 3.25. The highest BCUT2D eigenvalue weighted by Gasteiger charge is 2.26. The van der Waals surface area contributed by atoms with E-state index in [0.29, 0.717) is 0 Å². The number of hydrogen-bond donors (Lipinski definition) is 1. The molecule has 7 heteroatoms. The number of nitro groups is 1. The number of halogens is 2. The average Bonchev–Trinajstić information content (AvgIpc) is 2.26. The Morgan fingerprint density at radius 3 is 2.56 bits per heavy atom. The van der Waals surface area contributed by atoms with Crippen LogP contribution in [-0.4, -0.2) is 18.5 Å². The summed E-state index contributed by atoms with van der Waals surface area (Å²) in [5, 5.41) is 10.6. The fraction of sp³-hybridized carbons (Fsp3) is 0.333. The van der Waals surface area contributed by atoms with Gasteiger partial charge in [0.2, 0.25) is 0 Å². The molecule has 0 fully saturated rings. The van der Waals surface area contributed by atoms with Gasteiger partial charge in [0.1, 0.15) is 5.75 Å². The van der Waals surface area contributed by atoms with E-state index in [0.717, 1.165) is 12.1 Å². The molecule has 0 saturated heterocycles. The normalized spacial score (nSPS) is 12.6. The highest BCUT2D eigenvalue weighted by atomic mass is 19.3. The summed E-state index contributed by atoms with van der Waals surface area (Å²) in [5.41, 5.74) is 4.52. The molecule has 2 N–H and O–H groups in total. The first-order valence-corrected chi connectivity index (χ1v) is 4.33. The van der Waals surface area contributed by atoms with Gasteiger partial charge in [-0.25, -0.2) is 8.78 Å². The minimum atomic E-state index is -2.87. The fourth-order valence-corrected chi connectivity index (χ4v) is 1.23. The van der Waals surface area contributed by atoms with Crippen LogP contribution >= 0.6 is 0 Å². The Labute approximate surface area is 90.0 Å². The fourth-order valence-electron chi connectivity index (χ4n) is 1.23. The SMILES string of the molecule is COc1ccc([N+](=O)[O-])c(C(N)C(F)F)c1. The van der Waals surface area contributed by atoms with Crippen LogP contribution in [0, 0.1) is 10.1 Å². The van der Waals surface area contributed by atoms with Crippen molar-refractivity contribution in [3.63, 3.8) is 0 Å². The summed E-state index contributed by atoms with van der Waals surface area (Å²) in [4.78, 5) is 9.86. The average molecular weight is 232 g/mol. The quantitative estimate of drug-likeness (QED) is 0.634. The molecule has 0 aliphatic heterocycles. The maximum absolute atomic E-state index is 12.4. The van der Waals surface area contributed by atoms with Gasteiger partial charge in [0.15, 0.2) is 0 Å². The third kappa shape index (κ3) is 2.43. The molecule has 0 radical (unpaired) electrons. The molecule has 1 aromatic rings. The number of nitrogens with zero attached hydrogens (tertiary/aromatic N) is 1. The van der Waals surface area contributed by atoms with Crippen molar-refractivity contribution in [2.45, 2.75) is 12.5 Å². The van der Waals surface area contributed by atoms with Gasteiger partial charge in [0, 0.05) is 6.07 Å². The number of alkyl halides is 2. The van der Waals surface area contributed by atoms with Gasteiger partial charge in [-0.3, -0.25) is 10.1 Å². The number of benzene rings is 1. The van der Waals surface area contributed by atoms with Gasteiger partial charge in [-0.2, -0.15) is 0 Å². The summed E-state index contributed by atoms with van der Waals surface area (Å²) in [6.45, 7) is 0. The van der Waals surface area contributed by atoms with Crippen LogP contribution in [0.4, 0.5) is 14.5 Å². The van der Waals surface area contributed by atoms with E-state index in [4.69, 9.17) is 10.5 Å². The molecule has 1 rings (SSSR count). The number of nitro benzene ring substituents is 1. The van der Waals surface area contributed by atoms with E-state index in [9.17, 15) is 18.9 Å². The molecule has 1 atom stereocenters. The summed E-state index contributed by atoms with van der Waals surface area (Å²) in [6.07, 6.45) is -2.87. The van der Waals surface area contributed by atoms with Crippen LogP contribution in [0.2, 0.25) is 0 Å². The summed E-state index contributed by atoms with van der Waals surface area (Å²) in [5.74, 6) is 0.247. The number of rotatable bonds is 4. The van der Waals surface area contributed by atoms with Crippen molar-refractivity contribution in [2.75, 3.05) is 7.11 Å². The Kier molecular flexibility index (Phi) is 3.73. The molecular formula is C9H10F2N2O3. The molecule has 5 nitrogen and oxygen atoms in total. The van der Waals surface area contributed by atoms with Crippen molar-refractivity contribution in [1.82, 2.24) is 0 Å². The summed E-state index contributed by atoms with van der Waals surface area (Å²) < 4.78 is 29.6. The summed E-state index contributed by atoms with van der Waals surface area (Å²) >= 11 is 0. The first-order valence-electron chi connectivity index (χ1n) is 4.33.